The minimum atomic E-state index is -4.55. The third-order valence-corrected chi connectivity index (χ3v) is 8.17. The normalized spacial score (nSPS) is 17.3. The Balaban J connectivity index is 1.63. The molecule has 0 saturated carbocycles. The van der Waals surface area contributed by atoms with Gasteiger partial charge in [-0.05, 0) is 0 Å². The Kier molecular flexibility index (Phi) is 8.38. The molecule has 44 heavy (non-hydrogen) atoms. The number of H-pyrrole nitrogens is 2. The van der Waals surface area contributed by atoms with E-state index in [-0.39, 0.29) is 57.3 Å². The number of azo groups is 2. The molecule has 4 aromatic rings. The molecule has 0 amide bonds. The van der Waals surface area contributed by atoms with Gasteiger partial charge in [0.2, 0.25) is 0 Å². The van der Waals surface area contributed by atoms with Crippen molar-refractivity contribution in [3.8, 4) is 17.4 Å². The van der Waals surface area contributed by atoms with Crippen molar-refractivity contribution in [2.45, 2.75) is 33.9 Å². The number of aromatic nitrogens is 4. The molecule has 1 aliphatic rings. The van der Waals surface area contributed by atoms with Crippen LogP contribution in [-0.4, -0.2) is 33.2 Å². The molecule has 2 aromatic heterocycles. The van der Waals surface area contributed by atoms with E-state index in [1.165, 1.54) is 16.7 Å². The van der Waals surface area contributed by atoms with E-state index in [0.717, 1.165) is 24.3 Å². The molecule has 0 bridgehead atoms. The van der Waals surface area contributed by atoms with Crippen LogP contribution in [0.2, 0.25) is 0 Å². The Hall–Kier alpha value is -4.83. The molecular weight excluding hydrogens is 667 g/mol. The Labute approximate surface area is 260 Å². The van der Waals surface area contributed by atoms with Crippen molar-refractivity contribution in [1.82, 2.24) is 19.1 Å². The van der Waals surface area contributed by atoms with Crippen LogP contribution in [0.4, 0.5) is 34.4 Å². The number of nitrogens with one attached hydrogen (secondary N) is 2. The fourth-order valence-corrected chi connectivity index (χ4v) is 6.12. The zero-order valence-corrected chi connectivity index (χ0v) is 25.6. The van der Waals surface area contributed by atoms with E-state index in [1.54, 1.807) is 18.4 Å². The summed E-state index contributed by atoms with van der Waals surface area (Å²) in [5, 5.41) is 39.4. The van der Waals surface area contributed by atoms with Gasteiger partial charge in [-0.1, -0.05) is 0 Å². The van der Waals surface area contributed by atoms with Crippen LogP contribution in [0.3, 0.4) is 0 Å². The molecule has 1 atom stereocenters. The zero-order chi connectivity index (χ0) is 31.8. The van der Waals surface area contributed by atoms with Crippen molar-refractivity contribution in [1.29, 1.82) is 0 Å². The van der Waals surface area contributed by atoms with E-state index in [2.05, 4.69) is 30.4 Å². The predicted octanol–water partition coefficient (Wildman–Crippen LogP) is 7.06. The second-order valence-electron chi connectivity index (χ2n) is 8.71. The number of nitrogens with zero attached hydrogens (tertiary/aromatic N) is 8. The molecule has 3 heterocycles. The molecule has 1 aliphatic heterocycles. The number of benzene rings is 2. The Morgan fingerprint density at radius 2 is 1.64 bits per heavy atom. The molecule has 3 N–H and O–H groups in total. The van der Waals surface area contributed by atoms with Gasteiger partial charge in [-0.25, -0.2) is 0 Å². The van der Waals surface area contributed by atoms with Gasteiger partial charge in [0.05, 0.1) is 0 Å². The molecule has 0 radical (unpaired) electrons. The van der Waals surface area contributed by atoms with Crippen LogP contribution in [0.25, 0.3) is 0 Å². The first-order valence-corrected chi connectivity index (χ1v) is 15.0. The molecule has 2 aromatic carbocycles. The van der Waals surface area contributed by atoms with Gasteiger partial charge in [0.25, 0.3) is 0 Å². The van der Waals surface area contributed by atoms with Crippen molar-refractivity contribution in [2.24, 2.45) is 20.5 Å². The van der Waals surface area contributed by atoms with Gasteiger partial charge in [-0.15, -0.1) is 0 Å². The van der Waals surface area contributed by atoms with Crippen LogP contribution in [0.1, 0.15) is 19.5 Å². The van der Waals surface area contributed by atoms with E-state index >= 15 is 0 Å². The Morgan fingerprint density at radius 1 is 0.977 bits per heavy atom. The van der Waals surface area contributed by atoms with Gasteiger partial charge >= 0.3 is 261 Å². The van der Waals surface area contributed by atoms with Crippen molar-refractivity contribution in [3.05, 3.63) is 71.9 Å². The van der Waals surface area contributed by atoms with E-state index in [4.69, 9.17) is 36.0 Å². The average Bonchev–Trinajstić information content (AvgIpc) is 3.44. The molecule has 0 spiro atoms. The van der Waals surface area contributed by atoms with Crippen LogP contribution in [0.15, 0.2) is 56.9 Å². The van der Waals surface area contributed by atoms with Gasteiger partial charge < -0.3 is 0 Å². The van der Waals surface area contributed by atoms with Crippen molar-refractivity contribution < 1.29 is 39.5 Å². The molecule has 0 aliphatic carbocycles. The van der Waals surface area contributed by atoms with Gasteiger partial charge in [0.15, 0.2) is 0 Å². The van der Waals surface area contributed by atoms with Gasteiger partial charge in [-0.2, -0.15) is 0 Å². The Morgan fingerprint density at radius 3 is 2.30 bits per heavy atom. The monoisotopic (exact) mass is 689 g/mol. The van der Waals surface area contributed by atoms with Crippen LogP contribution in [0, 0.1) is 36.7 Å². The second-order valence-corrected chi connectivity index (χ2v) is 11.2. The summed E-state index contributed by atoms with van der Waals surface area (Å²) >= 11 is 6.09. The molecule has 21 heteroatoms. The SMILES string of the molecule is CCn1c(C)c(N=Nc2cc([N+](=O)[O-])ccc2[O][Co]2([OH])[O]c3ccc([N+](=O)[O-])cc3N=Nc3[nH]c(=S)n(CC)c3[O]2)[nH]c1=S. The van der Waals surface area contributed by atoms with Gasteiger partial charge in [-0.3, -0.25) is 0 Å². The zero-order valence-electron chi connectivity index (χ0n) is 22.9. The summed E-state index contributed by atoms with van der Waals surface area (Å²) in [6.07, 6.45) is 0. The summed E-state index contributed by atoms with van der Waals surface area (Å²) in [5.74, 6) is -0.217. The summed E-state index contributed by atoms with van der Waals surface area (Å²) in [5.41, 5.74) is -0.285. The summed E-state index contributed by atoms with van der Waals surface area (Å²) in [4.78, 5) is 27.4. The third-order valence-electron chi connectivity index (χ3n) is 6.06. The number of non-ortho nitro benzene ring substituents is 2. The summed E-state index contributed by atoms with van der Waals surface area (Å²) in [7, 11) is 0. The number of rotatable bonds is 8. The number of fused-ring (bicyclic) bond motifs is 2. The number of imidazole rings is 2. The van der Waals surface area contributed by atoms with Crippen molar-refractivity contribution in [2.75, 3.05) is 0 Å². The van der Waals surface area contributed by atoms with E-state index in [0.29, 0.717) is 22.8 Å². The Bertz CT molecular complexity index is 1980. The molecule has 0 saturated heterocycles. The first-order valence-electron chi connectivity index (χ1n) is 12.5. The van der Waals surface area contributed by atoms with Crippen LogP contribution in [0.5, 0.6) is 17.4 Å². The molecule has 233 valence electrons. The number of nitro groups is 2. The number of hydrogen-bond acceptors (Lipinski definition) is 14. The third kappa shape index (κ3) is 5.98. The molecule has 0 fully saturated rings. The average molecular weight is 690 g/mol. The quantitative estimate of drug-likeness (QED) is 0.0739. The first-order chi connectivity index (χ1) is 20.9. The topological polar surface area (TPSA) is 225 Å². The predicted molar refractivity (Wildman–Crippen MR) is 154 cm³/mol. The fraction of sp³-hybridized carbons (Fsp3) is 0.217. The van der Waals surface area contributed by atoms with E-state index < -0.39 is 23.8 Å². The number of aromatic amines is 2. The number of hydrogen-bond donors (Lipinski definition) is 3. The number of nitro benzene ring substituents is 2. The maximum absolute atomic E-state index is 11.8. The molecule has 5 rings (SSSR count). The van der Waals surface area contributed by atoms with Gasteiger partial charge in [0.1, 0.15) is 0 Å². The van der Waals surface area contributed by atoms with E-state index in [9.17, 15) is 24.4 Å². The minimum absolute atomic E-state index is 0.0314. The molecule has 1 unspecified atom stereocenters. The van der Waals surface area contributed by atoms with Crippen molar-refractivity contribution >= 4 is 58.8 Å². The second kappa shape index (κ2) is 12.0. The van der Waals surface area contributed by atoms with Crippen molar-refractivity contribution in [3.63, 3.8) is 0 Å². The van der Waals surface area contributed by atoms with E-state index in [1.807, 2.05) is 6.92 Å². The molecular formula is C23H22CoN10O8S2. The van der Waals surface area contributed by atoms with Crippen LogP contribution >= 0.6 is 24.4 Å². The summed E-state index contributed by atoms with van der Waals surface area (Å²) in [6, 6.07) is 6.79. The first kappa shape index (κ1) is 30.6. The van der Waals surface area contributed by atoms with Crippen LogP contribution < -0.4 is 11.5 Å². The maximum atomic E-state index is 11.8. The summed E-state index contributed by atoms with van der Waals surface area (Å²) < 4.78 is 33.2. The van der Waals surface area contributed by atoms with Gasteiger partial charge in [0, 0.05) is 0 Å². The van der Waals surface area contributed by atoms with Crippen LogP contribution in [-0.2, 0) is 27.0 Å². The fourth-order valence-electron chi connectivity index (χ4n) is 3.91. The summed E-state index contributed by atoms with van der Waals surface area (Å²) in [6.45, 7) is 6.26. The molecule has 18 nitrogen and oxygen atoms in total. The standard InChI is InChI=1S/C12H13N5O3S.C11H11N5O4S.Co.H2O/c1-3-16-7(2)11(13-12(16)21)15-14-9-6-8(17(19)20)4-5-10(9)18;1-2-15-10(18)9(12-11(15)21)14-13-7-5-6(16(19)20)3-4-8(7)17;;/h4-6,18H,3H2,1-2H3,(H,13,21);3-5,17-18H,2H2,1H3,(H,12,21);;1H2/q;;+4;/p-4.